The summed E-state index contributed by atoms with van der Waals surface area (Å²) in [5, 5.41) is 20.6. The number of benzene rings is 2. The summed E-state index contributed by atoms with van der Waals surface area (Å²) >= 11 is 0. The van der Waals surface area contributed by atoms with Crippen LogP contribution in [-0.4, -0.2) is 29.0 Å². The zero-order chi connectivity index (χ0) is 21.5. The molecular weight excluding hydrogens is 380 g/mol. The molecule has 0 fully saturated rings. The van der Waals surface area contributed by atoms with Crippen LogP contribution >= 0.6 is 0 Å². The summed E-state index contributed by atoms with van der Waals surface area (Å²) in [6.45, 7) is 9.06. The van der Waals surface area contributed by atoms with E-state index in [0.717, 1.165) is 34.6 Å². The molecule has 0 radical (unpaired) electrons. The maximum Gasteiger partial charge on any atom is 0.161 e. The molecule has 2 heterocycles. The minimum absolute atomic E-state index is 0.00931. The molecule has 2 aliphatic rings. The maximum absolute atomic E-state index is 10.4. The molecule has 30 heavy (non-hydrogen) atoms. The van der Waals surface area contributed by atoms with E-state index in [4.69, 9.17) is 14.2 Å². The normalized spacial score (nSPS) is 16.2. The monoisotopic (exact) mass is 408 g/mol. The standard InChI is InChI=1S/C25H28O5/c1-15(2)8-10-28-23-12-19(20(26)13-21(23)27)17-11-16-5-6-22-18(24(16)29-14-17)7-9-25(3,4)30-22/h5-7,9,11-13,15,26-27H,8,10,14H2,1-4H3. The highest BCUT2D eigenvalue weighted by molar-refractivity contribution is 5.90. The second-order valence-corrected chi connectivity index (χ2v) is 8.76. The molecule has 2 aromatic rings. The van der Waals surface area contributed by atoms with Crippen LogP contribution in [0.15, 0.2) is 30.3 Å². The molecule has 2 aromatic carbocycles. The van der Waals surface area contributed by atoms with Crippen LogP contribution in [-0.2, 0) is 0 Å². The molecule has 4 rings (SSSR count). The van der Waals surface area contributed by atoms with Gasteiger partial charge in [-0.15, -0.1) is 0 Å². The lowest BCUT2D eigenvalue weighted by atomic mass is 9.95. The Kier molecular flexibility index (Phi) is 5.14. The molecule has 0 atom stereocenters. The molecule has 0 unspecified atom stereocenters. The molecule has 0 saturated carbocycles. The van der Waals surface area contributed by atoms with Gasteiger partial charge in [-0.25, -0.2) is 0 Å². The molecule has 0 saturated heterocycles. The Hall–Kier alpha value is -3.08. The summed E-state index contributed by atoms with van der Waals surface area (Å²) in [7, 11) is 0. The van der Waals surface area contributed by atoms with E-state index in [9.17, 15) is 10.2 Å². The maximum atomic E-state index is 10.4. The van der Waals surface area contributed by atoms with Gasteiger partial charge >= 0.3 is 0 Å². The SMILES string of the molecule is CC(C)CCOc1cc(C2=Cc3ccc4c(c3OC2)C=CC(C)(C)O4)c(O)cc1O. The van der Waals surface area contributed by atoms with Gasteiger partial charge in [0.2, 0.25) is 0 Å². The number of hydrogen-bond acceptors (Lipinski definition) is 5. The minimum Gasteiger partial charge on any atom is -0.507 e. The third-order valence-corrected chi connectivity index (χ3v) is 5.29. The molecule has 2 aliphatic heterocycles. The van der Waals surface area contributed by atoms with Crippen molar-refractivity contribution in [3.63, 3.8) is 0 Å². The van der Waals surface area contributed by atoms with Crippen molar-refractivity contribution in [1.29, 1.82) is 0 Å². The summed E-state index contributed by atoms with van der Waals surface area (Å²) in [6.07, 6.45) is 6.93. The largest absolute Gasteiger partial charge is 0.507 e. The fraction of sp³-hybridized carbons (Fsp3) is 0.360. The van der Waals surface area contributed by atoms with Crippen molar-refractivity contribution in [3.8, 4) is 28.7 Å². The van der Waals surface area contributed by atoms with E-state index in [1.807, 2.05) is 44.2 Å². The van der Waals surface area contributed by atoms with Gasteiger partial charge in [-0.3, -0.25) is 0 Å². The van der Waals surface area contributed by atoms with Crippen LogP contribution < -0.4 is 14.2 Å². The Labute approximate surface area is 177 Å². The van der Waals surface area contributed by atoms with Crippen LogP contribution in [0.3, 0.4) is 0 Å². The van der Waals surface area contributed by atoms with Crippen molar-refractivity contribution in [1.82, 2.24) is 0 Å². The Morgan fingerprint density at radius 1 is 1.13 bits per heavy atom. The Morgan fingerprint density at radius 3 is 2.70 bits per heavy atom. The van der Waals surface area contributed by atoms with Crippen molar-refractivity contribution in [2.75, 3.05) is 13.2 Å². The zero-order valence-electron chi connectivity index (χ0n) is 17.9. The van der Waals surface area contributed by atoms with E-state index in [1.54, 1.807) is 6.07 Å². The van der Waals surface area contributed by atoms with Gasteiger partial charge in [-0.05, 0) is 62.6 Å². The van der Waals surface area contributed by atoms with Crippen LogP contribution in [0.25, 0.3) is 17.7 Å². The molecule has 0 amide bonds. The van der Waals surface area contributed by atoms with Crippen LogP contribution in [0.4, 0.5) is 0 Å². The first kappa shape index (κ1) is 20.2. The molecule has 0 bridgehead atoms. The van der Waals surface area contributed by atoms with Gasteiger partial charge in [-0.1, -0.05) is 13.8 Å². The highest BCUT2D eigenvalue weighted by atomic mass is 16.5. The number of hydrogen-bond donors (Lipinski definition) is 2. The number of fused-ring (bicyclic) bond motifs is 3. The number of phenols is 2. The lowest BCUT2D eigenvalue weighted by Crippen LogP contribution is -2.27. The number of rotatable bonds is 5. The van der Waals surface area contributed by atoms with Crippen LogP contribution in [0, 0.1) is 5.92 Å². The first-order chi connectivity index (χ1) is 14.2. The molecule has 5 heteroatoms. The Bertz CT molecular complexity index is 1030. The van der Waals surface area contributed by atoms with Crippen molar-refractivity contribution >= 4 is 17.7 Å². The summed E-state index contributed by atoms with van der Waals surface area (Å²) in [4.78, 5) is 0. The highest BCUT2D eigenvalue weighted by Gasteiger charge is 2.27. The lowest BCUT2D eigenvalue weighted by molar-refractivity contribution is 0.158. The highest BCUT2D eigenvalue weighted by Crippen LogP contribution is 2.44. The van der Waals surface area contributed by atoms with Crippen LogP contribution in [0.2, 0.25) is 0 Å². The third-order valence-electron chi connectivity index (χ3n) is 5.29. The topological polar surface area (TPSA) is 68.2 Å². The second kappa shape index (κ2) is 7.63. The van der Waals surface area contributed by atoms with Crippen LogP contribution in [0.1, 0.15) is 50.8 Å². The first-order valence-electron chi connectivity index (χ1n) is 10.3. The predicted octanol–water partition coefficient (Wildman–Crippen LogP) is 5.64. The minimum atomic E-state index is -0.347. The predicted molar refractivity (Wildman–Crippen MR) is 118 cm³/mol. The van der Waals surface area contributed by atoms with Crippen molar-refractivity contribution in [2.45, 2.75) is 39.7 Å². The fourth-order valence-corrected chi connectivity index (χ4v) is 3.59. The Balaban J connectivity index is 1.66. The summed E-state index contributed by atoms with van der Waals surface area (Å²) < 4.78 is 17.9. The number of phenolic OH excluding ortho intramolecular Hbond substituents is 2. The molecule has 2 N–H and O–H groups in total. The molecule has 0 spiro atoms. The second-order valence-electron chi connectivity index (χ2n) is 8.76. The van der Waals surface area contributed by atoms with Crippen LogP contribution in [0.5, 0.6) is 28.7 Å². The van der Waals surface area contributed by atoms with Gasteiger partial charge < -0.3 is 24.4 Å². The van der Waals surface area contributed by atoms with Gasteiger partial charge in [0.25, 0.3) is 0 Å². The lowest BCUT2D eigenvalue weighted by Gasteiger charge is -2.30. The van der Waals surface area contributed by atoms with Crippen molar-refractivity contribution < 1.29 is 24.4 Å². The van der Waals surface area contributed by atoms with Crippen molar-refractivity contribution in [2.24, 2.45) is 5.92 Å². The van der Waals surface area contributed by atoms with Gasteiger partial charge in [0.1, 0.15) is 29.5 Å². The van der Waals surface area contributed by atoms with E-state index in [-0.39, 0.29) is 17.1 Å². The molecule has 5 nitrogen and oxygen atoms in total. The zero-order valence-corrected chi connectivity index (χ0v) is 17.9. The van der Waals surface area contributed by atoms with Gasteiger partial charge in [0.05, 0.1) is 12.2 Å². The Morgan fingerprint density at radius 2 is 1.93 bits per heavy atom. The van der Waals surface area contributed by atoms with E-state index in [1.165, 1.54) is 6.07 Å². The third kappa shape index (κ3) is 3.97. The smallest absolute Gasteiger partial charge is 0.161 e. The van der Waals surface area contributed by atoms with E-state index in [0.29, 0.717) is 30.4 Å². The average molecular weight is 408 g/mol. The first-order valence-corrected chi connectivity index (χ1v) is 10.3. The van der Waals surface area contributed by atoms with Gasteiger partial charge in [0.15, 0.2) is 11.5 Å². The van der Waals surface area contributed by atoms with E-state index >= 15 is 0 Å². The van der Waals surface area contributed by atoms with Gasteiger partial charge in [-0.2, -0.15) is 0 Å². The molecule has 0 aliphatic carbocycles. The number of aromatic hydroxyl groups is 2. The quantitative estimate of drug-likeness (QED) is 0.670. The van der Waals surface area contributed by atoms with Gasteiger partial charge in [0, 0.05) is 22.8 Å². The van der Waals surface area contributed by atoms with Crippen molar-refractivity contribution in [3.05, 3.63) is 47.0 Å². The summed E-state index contributed by atoms with van der Waals surface area (Å²) in [6, 6.07) is 6.90. The summed E-state index contributed by atoms with van der Waals surface area (Å²) in [5.41, 5.74) is 2.89. The van der Waals surface area contributed by atoms with E-state index in [2.05, 4.69) is 13.8 Å². The fourth-order valence-electron chi connectivity index (χ4n) is 3.59. The molecule has 0 aromatic heterocycles. The number of ether oxygens (including phenoxy) is 3. The average Bonchev–Trinajstić information content (AvgIpc) is 2.68. The van der Waals surface area contributed by atoms with E-state index < -0.39 is 0 Å². The summed E-state index contributed by atoms with van der Waals surface area (Å²) in [5.74, 6) is 2.35. The molecule has 158 valence electrons. The molecular formula is C25H28O5.